The molecule has 0 radical (unpaired) electrons. The van der Waals surface area contributed by atoms with Gasteiger partial charge in [0.25, 0.3) is 5.91 Å². The van der Waals surface area contributed by atoms with Crippen molar-refractivity contribution < 1.29 is 9.53 Å². The number of methoxy groups -OCH3 is 1. The second-order valence-corrected chi connectivity index (χ2v) is 4.65. The van der Waals surface area contributed by atoms with Gasteiger partial charge >= 0.3 is 0 Å². The summed E-state index contributed by atoms with van der Waals surface area (Å²) in [7, 11) is 1.66. The first kappa shape index (κ1) is 13.8. The Morgan fingerprint density at radius 2 is 2.37 bits per heavy atom. The monoisotopic (exact) mass is 263 g/mol. The molecule has 2 rings (SSSR count). The number of rotatable bonds is 7. The highest BCUT2D eigenvalue weighted by Gasteiger charge is 2.33. The third-order valence-corrected chi connectivity index (χ3v) is 3.17. The molecule has 0 spiro atoms. The Balaban J connectivity index is 2.16. The molecule has 19 heavy (non-hydrogen) atoms. The van der Waals surface area contributed by atoms with Gasteiger partial charge in [-0.15, -0.1) is 0 Å². The molecule has 5 heteroatoms. The van der Waals surface area contributed by atoms with Crippen LogP contribution in [0, 0.1) is 0 Å². The van der Waals surface area contributed by atoms with E-state index in [4.69, 9.17) is 4.74 Å². The highest BCUT2D eigenvalue weighted by molar-refractivity contribution is 5.99. The number of carbonyl (C=O) groups excluding carboxylic acids is 1. The maximum absolute atomic E-state index is 12.6. The normalized spacial score (nSPS) is 14.2. The zero-order valence-electron chi connectivity index (χ0n) is 11.6. The van der Waals surface area contributed by atoms with Crippen LogP contribution >= 0.6 is 0 Å². The number of hydrogen-bond acceptors (Lipinski definition) is 4. The highest BCUT2D eigenvalue weighted by atomic mass is 16.5. The Labute approximate surface area is 114 Å². The van der Waals surface area contributed by atoms with E-state index in [1.807, 2.05) is 17.9 Å². The molecule has 1 aromatic heterocycles. The molecule has 1 heterocycles. The third kappa shape index (κ3) is 3.44. The van der Waals surface area contributed by atoms with E-state index in [0.717, 1.165) is 19.4 Å². The Bertz CT molecular complexity index is 432. The van der Waals surface area contributed by atoms with Gasteiger partial charge in [0.15, 0.2) is 0 Å². The molecule has 0 bridgehead atoms. The van der Waals surface area contributed by atoms with E-state index in [9.17, 15) is 4.79 Å². The zero-order chi connectivity index (χ0) is 13.7. The van der Waals surface area contributed by atoms with E-state index in [2.05, 4.69) is 10.3 Å². The number of nitrogens with zero attached hydrogens (tertiary/aromatic N) is 2. The lowest BCUT2D eigenvalue weighted by Gasteiger charge is -2.23. The van der Waals surface area contributed by atoms with Gasteiger partial charge in [0.05, 0.1) is 12.2 Å². The largest absolute Gasteiger partial charge is 0.383 e. The van der Waals surface area contributed by atoms with Crippen molar-refractivity contribution in [2.24, 2.45) is 0 Å². The van der Waals surface area contributed by atoms with Crippen molar-refractivity contribution >= 4 is 11.7 Å². The number of ether oxygens (including phenoxy) is 1. The number of carbonyl (C=O) groups is 1. The molecular weight excluding hydrogens is 242 g/mol. The lowest BCUT2D eigenvalue weighted by atomic mass is 10.2. The summed E-state index contributed by atoms with van der Waals surface area (Å²) in [6.07, 6.45) is 3.88. The van der Waals surface area contributed by atoms with Crippen LogP contribution in [0.1, 0.15) is 30.1 Å². The maximum atomic E-state index is 12.6. The van der Waals surface area contributed by atoms with Gasteiger partial charge in [0.1, 0.15) is 5.82 Å². The van der Waals surface area contributed by atoms with Crippen LogP contribution < -0.4 is 5.32 Å². The molecule has 1 amide bonds. The summed E-state index contributed by atoms with van der Waals surface area (Å²) in [6.45, 7) is 3.95. The second-order valence-electron chi connectivity index (χ2n) is 4.65. The van der Waals surface area contributed by atoms with Gasteiger partial charge in [-0.1, -0.05) is 0 Å². The van der Waals surface area contributed by atoms with Crippen molar-refractivity contribution in [3.63, 3.8) is 0 Å². The van der Waals surface area contributed by atoms with Crippen molar-refractivity contribution in [2.75, 3.05) is 32.1 Å². The first-order valence-corrected chi connectivity index (χ1v) is 6.76. The Kier molecular flexibility index (Phi) is 4.74. The molecule has 1 aromatic rings. The molecule has 0 aromatic carbocycles. The molecular formula is C14H21N3O2. The molecule has 0 atom stereocenters. The minimum atomic E-state index is 0.0450. The zero-order valence-corrected chi connectivity index (χ0v) is 11.6. The van der Waals surface area contributed by atoms with Gasteiger partial charge in [-0.05, 0) is 31.9 Å². The maximum Gasteiger partial charge on any atom is 0.257 e. The Hall–Kier alpha value is -1.62. The molecule has 104 valence electrons. The highest BCUT2D eigenvalue weighted by Crippen LogP contribution is 2.29. The van der Waals surface area contributed by atoms with Crippen LogP contribution in [0.4, 0.5) is 5.82 Å². The van der Waals surface area contributed by atoms with Crippen LogP contribution in [0.2, 0.25) is 0 Å². The van der Waals surface area contributed by atoms with Gasteiger partial charge < -0.3 is 15.0 Å². The predicted octanol–water partition coefficient (Wildman–Crippen LogP) is 1.76. The van der Waals surface area contributed by atoms with Crippen molar-refractivity contribution in [3.8, 4) is 0 Å². The lowest BCUT2D eigenvalue weighted by Crippen LogP contribution is -2.36. The fourth-order valence-electron chi connectivity index (χ4n) is 2.07. The predicted molar refractivity (Wildman–Crippen MR) is 74.3 cm³/mol. The first-order valence-electron chi connectivity index (χ1n) is 6.76. The van der Waals surface area contributed by atoms with Gasteiger partial charge in [0.2, 0.25) is 0 Å². The number of pyridine rings is 1. The minimum Gasteiger partial charge on any atom is -0.383 e. The van der Waals surface area contributed by atoms with E-state index in [1.54, 1.807) is 19.4 Å². The SMILES string of the molecule is CCNc1ncccc1C(=O)N(CCOC)C1CC1. The van der Waals surface area contributed by atoms with Crippen LogP contribution in [0.3, 0.4) is 0 Å². The van der Waals surface area contributed by atoms with Crippen LogP contribution in [0.5, 0.6) is 0 Å². The molecule has 1 fully saturated rings. The van der Waals surface area contributed by atoms with Gasteiger partial charge in [-0.2, -0.15) is 0 Å². The van der Waals surface area contributed by atoms with E-state index in [0.29, 0.717) is 30.6 Å². The topological polar surface area (TPSA) is 54.5 Å². The number of hydrogen-bond donors (Lipinski definition) is 1. The average molecular weight is 263 g/mol. The standard InChI is InChI=1S/C14H21N3O2/c1-3-15-13-12(5-4-8-16-13)14(18)17(9-10-19-2)11-6-7-11/h4-5,8,11H,3,6-7,9-10H2,1-2H3,(H,15,16). The van der Waals surface area contributed by atoms with Crippen molar-refractivity contribution in [1.82, 2.24) is 9.88 Å². The molecule has 0 aliphatic heterocycles. The summed E-state index contributed by atoms with van der Waals surface area (Å²) in [5.74, 6) is 0.710. The first-order chi connectivity index (χ1) is 9.27. The Morgan fingerprint density at radius 1 is 1.58 bits per heavy atom. The van der Waals surface area contributed by atoms with Crippen LogP contribution in [0.25, 0.3) is 0 Å². The quantitative estimate of drug-likeness (QED) is 0.814. The van der Waals surface area contributed by atoms with E-state index in [-0.39, 0.29) is 5.91 Å². The molecule has 1 N–H and O–H groups in total. The van der Waals surface area contributed by atoms with Crippen molar-refractivity contribution in [2.45, 2.75) is 25.8 Å². The minimum absolute atomic E-state index is 0.0450. The average Bonchev–Trinajstić information content (AvgIpc) is 3.24. The summed E-state index contributed by atoms with van der Waals surface area (Å²) in [6, 6.07) is 4.00. The second kappa shape index (κ2) is 6.52. The fourth-order valence-corrected chi connectivity index (χ4v) is 2.07. The molecule has 5 nitrogen and oxygen atoms in total. The van der Waals surface area contributed by atoms with Crippen molar-refractivity contribution in [3.05, 3.63) is 23.9 Å². The number of amides is 1. The number of nitrogens with one attached hydrogen (secondary N) is 1. The van der Waals surface area contributed by atoms with Gasteiger partial charge in [-0.3, -0.25) is 4.79 Å². The molecule has 0 saturated heterocycles. The number of anilines is 1. The van der Waals surface area contributed by atoms with Crippen LogP contribution in [0.15, 0.2) is 18.3 Å². The summed E-state index contributed by atoms with van der Waals surface area (Å²) < 4.78 is 5.09. The van der Waals surface area contributed by atoms with E-state index >= 15 is 0 Å². The van der Waals surface area contributed by atoms with Crippen LogP contribution in [-0.2, 0) is 4.74 Å². The molecule has 0 unspecified atom stereocenters. The fraction of sp³-hybridized carbons (Fsp3) is 0.571. The summed E-state index contributed by atoms with van der Waals surface area (Å²) >= 11 is 0. The van der Waals surface area contributed by atoms with Gasteiger partial charge in [-0.25, -0.2) is 4.98 Å². The number of aromatic nitrogens is 1. The smallest absolute Gasteiger partial charge is 0.257 e. The van der Waals surface area contributed by atoms with Crippen LogP contribution in [-0.4, -0.2) is 48.6 Å². The van der Waals surface area contributed by atoms with Crippen molar-refractivity contribution in [1.29, 1.82) is 0 Å². The summed E-state index contributed by atoms with van der Waals surface area (Å²) in [5.41, 5.74) is 0.646. The molecule has 1 aliphatic rings. The van der Waals surface area contributed by atoms with Gasteiger partial charge in [0, 0.05) is 32.4 Å². The van der Waals surface area contributed by atoms with E-state index in [1.165, 1.54) is 0 Å². The lowest BCUT2D eigenvalue weighted by molar-refractivity contribution is 0.0681. The molecule has 1 aliphatic carbocycles. The third-order valence-electron chi connectivity index (χ3n) is 3.17. The summed E-state index contributed by atoms with van der Waals surface area (Å²) in [4.78, 5) is 18.8. The molecule has 1 saturated carbocycles. The summed E-state index contributed by atoms with van der Waals surface area (Å²) in [5, 5.41) is 3.14. The van der Waals surface area contributed by atoms with E-state index < -0.39 is 0 Å². The Morgan fingerprint density at radius 3 is 3.00 bits per heavy atom.